The monoisotopic (exact) mass is 293 g/mol. The van der Waals surface area contributed by atoms with Crippen molar-refractivity contribution in [1.29, 1.82) is 0 Å². The van der Waals surface area contributed by atoms with E-state index in [4.69, 9.17) is 0 Å². The summed E-state index contributed by atoms with van der Waals surface area (Å²) in [6, 6.07) is 7.95. The Morgan fingerprint density at radius 2 is 1.90 bits per heavy atom. The fourth-order valence-corrected chi connectivity index (χ4v) is 1.94. The summed E-state index contributed by atoms with van der Waals surface area (Å²) in [5.41, 5.74) is 0.711. The summed E-state index contributed by atoms with van der Waals surface area (Å²) in [6.45, 7) is 0.0140. The minimum atomic E-state index is -0.699. The Bertz CT molecular complexity index is 677. The molecule has 0 amide bonds. The van der Waals surface area contributed by atoms with Gasteiger partial charge in [0.1, 0.15) is 23.0 Å². The molecule has 0 aliphatic rings. The van der Waals surface area contributed by atoms with E-state index < -0.39 is 16.6 Å². The summed E-state index contributed by atoms with van der Waals surface area (Å²) < 4.78 is 26.4. The lowest BCUT2D eigenvalue weighted by molar-refractivity contribution is -0.383. The molecular weight excluding hydrogens is 280 g/mol. The number of halogens is 2. The van der Waals surface area contributed by atoms with E-state index in [1.807, 2.05) is 0 Å². The van der Waals surface area contributed by atoms with E-state index in [0.29, 0.717) is 5.69 Å². The van der Waals surface area contributed by atoms with Gasteiger partial charge in [-0.15, -0.1) is 0 Å². The van der Waals surface area contributed by atoms with Gasteiger partial charge in [0.05, 0.1) is 4.92 Å². The van der Waals surface area contributed by atoms with Crippen molar-refractivity contribution in [3.63, 3.8) is 0 Å². The SMILES string of the molecule is CNc1cccc(NCc2ccc(F)cc2F)c1[N+](=O)[O-]. The molecule has 2 aromatic rings. The predicted octanol–water partition coefficient (Wildman–Crippen LogP) is 3.53. The second-order valence-corrected chi connectivity index (χ2v) is 4.30. The highest BCUT2D eigenvalue weighted by molar-refractivity contribution is 5.76. The van der Waals surface area contributed by atoms with Crippen LogP contribution < -0.4 is 10.6 Å². The quantitative estimate of drug-likeness (QED) is 0.653. The molecule has 5 nitrogen and oxygen atoms in total. The van der Waals surface area contributed by atoms with Gasteiger partial charge in [0.2, 0.25) is 0 Å². The Labute approximate surface area is 119 Å². The molecule has 2 N–H and O–H groups in total. The van der Waals surface area contributed by atoms with Gasteiger partial charge >= 0.3 is 5.69 Å². The third-order valence-electron chi connectivity index (χ3n) is 2.97. The molecule has 0 spiro atoms. The number of hydrogen-bond donors (Lipinski definition) is 2. The minimum Gasteiger partial charge on any atom is -0.382 e. The van der Waals surface area contributed by atoms with E-state index in [1.165, 1.54) is 12.1 Å². The molecule has 0 heterocycles. The number of nitro benzene ring substituents is 1. The molecule has 0 saturated heterocycles. The number of benzene rings is 2. The summed E-state index contributed by atoms with van der Waals surface area (Å²) >= 11 is 0. The topological polar surface area (TPSA) is 67.2 Å². The van der Waals surface area contributed by atoms with Crippen molar-refractivity contribution in [2.45, 2.75) is 6.54 Å². The Hall–Kier alpha value is -2.70. The number of nitro groups is 1. The van der Waals surface area contributed by atoms with Crippen molar-refractivity contribution >= 4 is 17.1 Å². The Kier molecular flexibility index (Phi) is 4.32. The first-order valence-electron chi connectivity index (χ1n) is 6.16. The van der Waals surface area contributed by atoms with Gasteiger partial charge in [-0.25, -0.2) is 8.78 Å². The first kappa shape index (κ1) is 14.7. The van der Waals surface area contributed by atoms with Crippen LogP contribution >= 0.6 is 0 Å². The van der Waals surface area contributed by atoms with Crippen molar-refractivity contribution in [2.24, 2.45) is 0 Å². The van der Waals surface area contributed by atoms with E-state index in [2.05, 4.69) is 10.6 Å². The Morgan fingerprint density at radius 3 is 2.52 bits per heavy atom. The highest BCUT2D eigenvalue weighted by Crippen LogP contribution is 2.32. The maximum Gasteiger partial charge on any atom is 0.315 e. The zero-order valence-electron chi connectivity index (χ0n) is 11.2. The van der Waals surface area contributed by atoms with E-state index >= 15 is 0 Å². The van der Waals surface area contributed by atoms with Crippen molar-refractivity contribution in [2.75, 3.05) is 17.7 Å². The van der Waals surface area contributed by atoms with Gasteiger partial charge in [-0.2, -0.15) is 0 Å². The Morgan fingerprint density at radius 1 is 1.19 bits per heavy atom. The average molecular weight is 293 g/mol. The van der Waals surface area contributed by atoms with Crippen molar-refractivity contribution in [3.05, 3.63) is 63.7 Å². The first-order chi connectivity index (χ1) is 10.0. The van der Waals surface area contributed by atoms with Crippen molar-refractivity contribution < 1.29 is 13.7 Å². The molecule has 0 fully saturated rings. The molecule has 0 bridgehead atoms. The van der Waals surface area contributed by atoms with Crippen LogP contribution in [0.4, 0.5) is 25.8 Å². The molecule has 2 aromatic carbocycles. The van der Waals surface area contributed by atoms with Gasteiger partial charge < -0.3 is 10.6 Å². The molecule has 0 saturated carbocycles. The number of rotatable bonds is 5. The number of hydrogen-bond acceptors (Lipinski definition) is 4. The van der Waals surface area contributed by atoms with Crippen LogP contribution in [0.1, 0.15) is 5.56 Å². The summed E-state index contributed by atoms with van der Waals surface area (Å²) in [4.78, 5) is 10.6. The molecular formula is C14H13F2N3O2. The highest BCUT2D eigenvalue weighted by atomic mass is 19.1. The van der Waals surface area contributed by atoms with E-state index in [9.17, 15) is 18.9 Å². The van der Waals surface area contributed by atoms with Crippen LogP contribution in [0, 0.1) is 21.7 Å². The van der Waals surface area contributed by atoms with Gasteiger partial charge in [-0.3, -0.25) is 10.1 Å². The zero-order valence-corrected chi connectivity index (χ0v) is 11.2. The van der Waals surface area contributed by atoms with Crippen molar-refractivity contribution in [3.8, 4) is 0 Å². The van der Waals surface area contributed by atoms with Crippen LogP contribution in [0.5, 0.6) is 0 Å². The van der Waals surface area contributed by atoms with Gasteiger partial charge in [0.15, 0.2) is 0 Å². The van der Waals surface area contributed by atoms with Crippen LogP contribution in [-0.4, -0.2) is 12.0 Å². The maximum absolute atomic E-state index is 13.5. The number of anilines is 2. The van der Waals surface area contributed by atoms with Gasteiger partial charge in [0, 0.05) is 25.2 Å². The highest BCUT2D eigenvalue weighted by Gasteiger charge is 2.18. The third-order valence-corrected chi connectivity index (χ3v) is 2.97. The summed E-state index contributed by atoms with van der Waals surface area (Å²) in [7, 11) is 1.58. The second-order valence-electron chi connectivity index (χ2n) is 4.30. The van der Waals surface area contributed by atoms with Gasteiger partial charge in [-0.1, -0.05) is 12.1 Å². The molecule has 0 unspecified atom stereocenters. The molecule has 0 radical (unpaired) electrons. The lowest BCUT2D eigenvalue weighted by Crippen LogP contribution is -2.06. The molecule has 0 atom stereocenters. The second kappa shape index (κ2) is 6.17. The van der Waals surface area contributed by atoms with Crippen LogP contribution in [0.25, 0.3) is 0 Å². The summed E-state index contributed by atoms with van der Waals surface area (Å²) in [5, 5.41) is 16.7. The fourth-order valence-electron chi connectivity index (χ4n) is 1.94. The number of nitrogens with one attached hydrogen (secondary N) is 2. The van der Waals surface area contributed by atoms with Gasteiger partial charge in [-0.05, 0) is 18.2 Å². The fraction of sp³-hybridized carbons (Fsp3) is 0.143. The van der Waals surface area contributed by atoms with Crippen molar-refractivity contribution in [1.82, 2.24) is 0 Å². The molecule has 110 valence electrons. The predicted molar refractivity (Wildman–Crippen MR) is 76.3 cm³/mol. The number of nitrogens with zero attached hydrogens (tertiary/aromatic N) is 1. The zero-order chi connectivity index (χ0) is 15.4. The number of para-hydroxylation sites is 1. The Balaban J connectivity index is 2.26. The largest absolute Gasteiger partial charge is 0.382 e. The summed E-state index contributed by atoms with van der Waals surface area (Å²) in [5.74, 6) is -1.37. The molecule has 0 aliphatic carbocycles. The molecule has 0 aromatic heterocycles. The lowest BCUT2D eigenvalue weighted by atomic mass is 10.2. The smallest absolute Gasteiger partial charge is 0.315 e. The molecule has 7 heteroatoms. The van der Waals surface area contributed by atoms with Crippen LogP contribution in [-0.2, 0) is 6.54 Å². The van der Waals surface area contributed by atoms with E-state index in [1.54, 1.807) is 19.2 Å². The minimum absolute atomic E-state index is 0.0140. The molecule has 2 rings (SSSR count). The summed E-state index contributed by atoms with van der Waals surface area (Å²) in [6.07, 6.45) is 0. The molecule has 0 aliphatic heterocycles. The van der Waals surface area contributed by atoms with Crippen LogP contribution in [0.15, 0.2) is 36.4 Å². The van der Waals surface area contributed by atoms with Gasteiger partial charge in [0.25, 0.3) is 0 Å². The van der Waals surface area contributed by atoms with Crippen LogP contribution in [0.3, 0.4) is 0 Å². The maximum atomic E-state index is 13.5. The average Bonchev–Trinajstić information content (AvgIpc) is 2.45. The van der Waals surface area contributed by atoms with Crippen LogP contribution in [0.2, 0.25) is 0 Å². The lowest BCUT2D eigenvalue weighted by Gasteiger charge is -2.10. The molecule has 21 heavy (non-hydrogen) atoms. The third kappa shape index (κ3) is 3.25. The van der Waals surface area contributed by atoms with E-state index in [-0.39, 0.29) is 23.5 Å². The van der Waals surface area contributed by atoms with E-state index in [0.717, 1.165) is 12.1 Å². The first-order valence-corrected chi connectivity index (χ1v) is 6.16. The normalized spacial score (nSPS) is 10.2. The standard InChI is InChI=1S/C14H13F2N3O2/c1-17-12-3-2-4-13(14(12)19(20)21)18-8-9-5-6-10(15)7-11(9)16/h2-7,17-18H,8H2,1H3.